The Morgan fingerprint density at radius 1 is 1.11 bits per heavy atom. The number of thiophene rings is 1. The largest absolute Gasteiger partial charge is 0.294 e. The van der Waals surface area contributed by atoms with E-state index in [-0.39, 0.29) is 12.0 Å². The first-order valence-electron chi connectivity index (χ1n) is 5.76. The van der Waals surface area contributed by atoms with Gasteiger partial charge < -0.3 is 0 Å². The summed E-state index contributed by atoms with van der Waals surface area (Å²) in [6.07, 6.45) is 0.938. The molecule has 19 heavy (non-hydrogen) atoms. The molecule has 0 spiro atoms. The molecule has 0 saturated carbocycles. The summed E-state index contributed by atoms with van der Waals surface area (Å²) in [7, 11) is 0. The summed E-state index contributed by atoms with van der Waals surface area (Å²) < 4.78 is 38.9. The minimum Gasteiger partial charge on any atom is -0.294 e. The van der Waals surface area contributed by atoms with Crippen LogP contribution in [0.25, 0.3) is 0 Å². The number of carbonyl (C=O) groups is 1. The molecule has 0 aliphatic rings. The molecule has 0 aliphatic carbocycles. The summed E-state index contributed by atoms with van der Waals surface area (Å²) in [5.74, 6) is -4.67. The quantitative estimate of drug-likeness (QED) is 0.609. The Morgan fingerprint density at radius 3 is 2.21 bits per heavy atom. The first kappa shape index (κ1) is 13.8. The molecule has 0 fully saturated rings. The third kappa shape index (κ3) is 3.04. The zero-order valence-corrected chi connectivity index (χ0v) is 11.0. The van der Waals surface area contributed by atoms with Gasteiger partial charge in [0.2, 0.25) is 0 Å². The van der Waals surface area contributed by atoms with Gasteiger partial charge in [0.05, 0.1) is 0 Å². The van der Waals surface area contributed by atoms with Gasteiger partial charge in [-0.1, -0.05) is 6.92 Å². The lowest BCUT2D eigenvalue weighted by Gasteiger charge is -2.02. The maximum Gasteiger partial charge on any atom is 0.194 e. The van der Waals surface area contributed by atoms with Crippen LogP contribution in [0, 0.1) is 17.5 Å². The molecule has 0 saturated heterocycles. The first-order chi connectivity index (χ1) is 9.01. The minimum absolute atomic E-state index is 0.0647. The highest BCUT2D eigenvalue weighted by molar-refractivity contribution is 7.12. The van der Waals surface area contributed by atoms with Gasteiger partial charge >= 0.3 is 0 Å². The molecule has 1 aromatic heterocycles. The monoisotopic (exact) mass is 284 g/mol. The molecule has 1 heterocycles. The van der Waals surface area contributed by atoms with Gasteiger partial charge in [-0.25, -0.2) is 13.2 Å². The van der Waals surface area contributed by atoms with Crippen LogP contribution in [0.4, 0.5) is 13.2 Å². The van der Waals surface area contributed by atoms with Crippen molar-refractivity contribution < 1.29 is 18.0 Å². The van der Waals surface area contributed by atoms with E-state index >= 15 is 0 Å². The average molecular weight is 284 g/mol. The van der Waals surface area contributed by atoms with E-state index < -0.39 is 23.2 Å². The molecule has 5 heteroatoms. The lowest BCUT2D eigenvalue weighted by atomic mass is 10.1. The lowest BCUT2D eigenvalue weighted by molar-refractivity contribution is 0.0992. The maximum absolute atomic E-state index is 13.0. The van der Waals surface area contributed by atoms with Gasteiger partial charge in [-0.15, -0.1) is 11.3 Å². The number of hydrogen-bond donors (Lipinski definition) is 0. The second-order valence-corrected chi connectivity index (χ2v) is 5.33. The molecule has 2 aromatic rings. The van der Waals surface area contributed by atoms with Crippen molar-refractivity contribution in [2.75, 3.05) is 0 Å². The van der Waals surface area contributed by atoms with Crippen molar-refractivity contribution in [3.05, 3.63) is 57.0 Å². The van der Waals surface area contributed by atoms with Crippen LogP contribution in [-0.2, 0) is 12.8 Å². The predicted octanol–water partition coefficient (Wildman–Crippen LogP) is 4.15. The molecule has 0 unspecified atom stereocenters. The van der Waals surface area contributed by atoms with Crippen LogP contribution in [0.15, 0.2) is 24.3 Å². The van der Waals surface area contributed by atoms with Crippen LogP contribution >= 0.6 is 11.3 Å². The summed E-state index contributed by atoms with van der Waals surface area (Å²) in [5.41, 5.74) is -0.150. The lowest BCUT2D eigenvalue weighted by Crippen LogP contribution is -2.05. The van der Waals surface area contributed by atoms with E-state index in [2.05, 4.69) is 0 Å². The van der Waals surface area contributed by atoms with Gasteiger partial charge in [0.15, 0.2) is 23.2 Å². The van der Waals surface area contributed by atoms with E-state index in [1.807, 2.05) is 19.1 Å². The van der Waals surface area contributed by atoms with E-state index in [0.717, 1.165) is 28.3 Å². The van der Waals surface area contributed by atoms with Crippen LogP contribution in [0.1, 0.15) is 27.0 Å². The Bertz CT molecular complexity index is 596. The molecule has 2 rings (SSSR count). The fourth-order valence-corrected chi connectivity index (χ4v) is 2.64. The number of hydrogen-bond acceptors (Lipinski definition) is 2. The van der Waals surface area contributed by atoms with Crippen molar-refractivity contribution >= 4 is 17.1 Å². The van der Waals surface area contributed by atoms with Gasteiger partial charge in [0.1, 0.15) is 0 Å². The topological polar surface area (TPSA) is 17.1 Å². The highest BCUT2D eigenvalue weighted by Crippen LogP contribution is 2.20. The average Bonchev–Trinajstić information content (AvgIpc) is 2.83. The van der Waals surface area contributed by atoms with E-state index in [0.29, 0.717) is 0 Å². The highest BCUT2D eigenvalue weighted by Gasteiger charge is 2.15. The van der Waals surface area contributed by atoms with Gasteiger partial charge in [0, 0.05) is 21.7 Å². The van der Waals surface area contributed by atoms with Gasteiger partial charge in [0.25, 0.3) is 0 Å². The third-order valence-corrected chi connectivity index (χ3v) is 3.94. The van der Waals surface area contributed by atoms with Crippen molar-refractivity contribution in [3.8, 4) is 0 Å². The molecule has 0 radical (unpaired) electrons. The molecule has 0 N–H and O–H groups in total. The number of Topliss-reactive ketones (excluding diaryl/α,β-unsaturated/α-hetero) is 1. The Kier molecular flexibility index (Phi) is 4.04. The second-order valence-electron chi connectivity index (χ2n) is 4.08. The summed E-state index contributed by atoms with van der Waals surface area (Å²) in [5, 5.41) is 0. The van der Waals surface area contributed by atoms with Crippen LogP contribution in [0.5, 0.6) is 0 Å². The summed E-state index contributed by atoms with van der Waals surface area (Å²) >= 11 is 1.49. The van der Waals surface area contributed by atoms with E-state index in [1.54, 1.807) is 0 Å². The molecular weight excluding hydrogens is 273 g/mol. The normalized spacial score (nSPS) is 10.7. The molecule has 1 aromatic carbocycles. The van der Waals surface area contributed by atoms with Crippen molar-refractivity contribution in [3.63, 3.8) is 0 Å². The van der Waals surface area contributed by atoms with Crippen molar-refractivity contribution in [2.24, 2.45) is 0 Å². The summed E-state index contributed by atoms with van der Waals surface area (Å²) in [6.45, 7) is 2.00. The van der Waals surface area contributed by atoms with E-state index in [1.165, 1.54) is 11.3 Å². The Hall–Kier alpha value is -1.62. The van der Waals surface area contributed by atoms with Crippen molar-refractivity contribution in [2.45, 2.75) is 19.8 Å². The van der Waals surface area contributed by atoms with Crippen molar-refractivity contribution in [1.29, 1.82) is 0 Å². The standard InChI is InChI=1S/C14H11F3OS/c1-2-9-3-4-10(19-9)7-13(18)8-5-11(15)14(17)12(16)6-8/h3-6H,2,7H2,1H3. The Morgan fingerprint density at radius 2 is 1.68 bits per heavy atom. The highest BCUT2D eigenvalue weighted by atomic mass is 32.1. The zero-order chi connectivity index (χ0) is 14.0. The molecular formula is C14H11F3OS. The van der Waals surface area contributed by atoms with Crippen LogP contribution < -0.4 is 0 Å². The molecule has 0 amide bonds. The smallest absolute Gasteiger partial charge is 0.194 e. The SMILES string of the molecule is CCc1ccc(CC(=O)c2cc(F)c(F)c(F)c2)s1. The van der Waals surface area contributed by atoms with Gasteiger partial charge in [-0.3, -0.25) is 4.79 Å². The summed E-state index contributed by atoms with van der Waals surface area (Å²) in [4.78, 5) is 13.8. The fourth-order valence-electron chi connectivity index (χ4n) is 1.68. The summed E-state index contributed by atoms with van der Waals surface area (Å²) in [6, 6.07) is 5.20. The Balaban J connectivity index is 2.20. The fraction of sp³-hybridized carbons (Fsp3) is 0.214. The van der Waals surface area contributed by atoms with Gasteiger partial charge in [-0.2, -0.15) is 0 Å². The van der Waals surface area contributed by atoms with E-state index in [4.69, 9.17) is 0 Å². The number of halogens is 3. The minimum atomic E-state index is -1.55. The first-order valence-corrected chi connectivity index (χ1v) is 6.58. The maximum atomic E-state index is 13.0. The molecule has 0 aliphatic heterocycles. The second kappa shape index (κ2) is 5.57. The molecule has 0 atom stereocenters. The molecule has 0 bridgehead atoms. The molecule has 1 nitrogen and oxygen atoms in total. The number of ketones is 1. The van der Waals surface area contributed by atoms with Crippen LogP contribution in [0.3, 0.4) is 0 Å². The third-order valence-electron chi connectivity index (χ3n) is 2.71. The number of rotatable bonds is 4. The van der Waals surface area contributed by atoms with Crippen LogP contribution in [0.2, 0.25) is 0 Å². The zero-order valence-electron chi connectivity index (χ0n) is 10.2. The number of benzene rings is 1. The molecule has 100 valence electrons. The van der Waals surface area contributed by atoms with Gasteiger partial charge in [-0.05, 0) is 30.7 Å². The number of aryl methyl sites for hydroxylation is 1. The van der Waals surface area contributed by atoms with Crippen molar-refractivity contribution in [1.82, 2.24) is 0 Å². The number of carbonyl (C=O) groups excluding carboxylic acids is 1. The predicted molar refractivity (Wildman–Crippen MR) is 68.0 cm³/mol. The Labute approximate surface area is 112 Å². The van der Waals surface area contributed by atoms with Crippen LogP contribution in [-0.4, -0.2) is 5.78 Å². The van der Waals surface area contributed by atoms with E-state index in [9.17, 15) is 18.0 Å².